The van der Waals surface area contributed by atoms with E-state index in [-0.39, 0.29) is 5.91 Å². The summed E-state index contributed by atoms with van der Waals surface area (Å²) in [7, 11) is 1.61. The van der Waals surface area contributed by atoms with Gasteiger partial charge in [-0.05, 0) is 55.3 Å². The van der Waals surface area contributed by atoms with Gasteiger partial charge in [0.15, 0.2) is 0 Å². The molecule has 0 spiro atoms. The average Bonchev–Trinajstić information content (AvgIpc) is 2.99. The van der Waals surface area contributed by atoms with Gasteiger partial charge in [0.05, 0.1) is 25.6 Å². The van der Waals surface area contributed by atoms with E-state index in [9.17, 15) is 4.79 Å². The van der Waals surface area contributed by atoms with Gasteiger partial charge >= 0.3 is 0 Å². The number of hydrazone groups is 1. The normalized spacial score (nSPS) is 10.9. The quantitative estimate of drug-likeness (QED) is 0.540. The molecule has 0 fully saturated rings. The number of carbonyl (C=O) groups excluding carboxylic acids is 1. The van der Waals surface area contributed by atoms with Crippen molar-refractivity contribution in [1.82, 2.24) is 15.2 Å². The summed E-state index contributed by atoms with van der Waals surface area (Å²) in [6, 6.07) is 16.9. The van der Waals surface area contributed by atoms with Crippen LogP contribution in [0.2, 0.25) is 0 Å². The maximum Gasteiger partial charge on any atom is 0.271 e. The first kappa shape index (κ1) is 18.4. The maximum absolute atomic E-state index is 12.2. The van der Waals surface area contributed by atoms with Crippen LogP contribution in [0.4, 0.5) is 0 Å². The van der Waals surface area contributed by atoms with Crippen LogP contribution in [-0.2, 0) is 6.54 Å². The third kappa shape index (κ3) is 4.82. The molecular weight excluding hydrogens is 340 g/mol. The van der Waals surface area contributed by atoms with E-state index < -0.39 is 0 Å². The van der Waals surface area contributed by atoms with Gasteiger partial charge in [0.25, 0.3) is 5.91 Å². The monoisotopic (exact) mass is 362 g/mol. The Morgan fingerprint density at radius 1 is 1.19 bits per heavy atom. The van der Waals surface area contributed by atoms with Crippen molar-refractivity contribution in [2.24, 2.45) is 5.10 Å². The van der Waals surface area contributed by atoms with Crippen molar-refractivity contribution in [2.45, 2.75) is 20.4 Å². The zero-order valence-corrected chi connectivity index (χ0v) is 15.6. The van der Waals surface area contributed by atoms with E-state index in [0.717, 1.165) is 28.3 Å². The van der Waals surface area contributed by atoms with Crippen molar-refractivity contribution in [2.75, 3.05) is 7.11 Å². The van der Waals surface area contributed by atoms with Gasteiger partial charge in [0.2, 0.25) is 0 Å². The van der Waals surface area contributed by atoms with E-state index in [1.165, 1.54) is 0 Å². The van der Waals surface area contributed by atoms with Crippen LogP contribution in [0.1, 0.15) is 32.9 Å². The van der Waals surface area contributed by atoms with Crippen LogP contribution in [0.15, 0.2) is 59.7 Å². The third-order valence-corrected chi connectivity index (χ3v) is 4.13. The summed E-state index contributed by atoms with van der Waals surface area (Å²) in [6.45, 7) is 4.68. The van der Waals surface area contributed by atoms with Gasteiger partial charge in [-0.15, -0.1) is 0 Å². The summed E-state index contributed by atoms with van der Waals surface area (Å²) in [5.41, 5.74) is 7.12. The van der Waals surface area contributed by atoms with Crippen LogP contribution in [0.5, 0.6) is 5.75 Å². The van der Waals surface area contributed by atoms with Crippen molar-refractivity contribution >= 4 is 12.1 Å². The Balaban J connectivity index is 1.60. The number of amides is 1. The number of hydrogen-bond acceptors (Lipinski definition) is 4. The maximum atomic E-state index is 12.2. The van der Waals surface area contributed by atoms with Gasteiger partial charge < -0.3 is 4.74 Å². The first-order valence-corrected chi connectivity index (χ1v) is 8.62. The average molecular weight is 362 g/mol. The second kappa shape index (κ2) is 8.31. The molecule has 6 nitrogen and oxygen atoms in total. The minimum Gasteiger partial charge on any atom is -0.497 e. The Hall–Kier alpha value is -3.41. The predicted molar refractivity (Wildman–Crippen MR) is 105 cm³/mol. The number of benzene rings is 2. The van der Waals surface area contributed by atoms with Crippen LogP contribution in [0.25, 0.3) is 0 Å². The molecule has 1 N–H and O–H groups in total. The largest absolute Gasteiger partial charge is 0.497 e. The zero-order valence-electron chi connectivity index (χ0n) is 15.6. The van der Waals surface area contributed by atoms with Crippen molar-refractivity contribution < 1.29 is 9.53 Å². The summed E-state index contributed by atoms with van der Waals surface area (Å²) in [6.07, 6.45) is 1.58. The van der Waals surface area contributed by atoms with Crippen LogP contribution in [-0.4, -0.2) is 29.0 Å². The molecule has 0 radical (unpaired) electrons. The van der Waals surface area contributed by atoms with Gasteiger partial charge in [-0.25, -0.2) is 5.43 Å². The number of nitrogens with one attached hydrogen (secondary N) is 1. The number of methoxy groups -OCH3 is 1. The van der Waals surface area contributed by atoms with E-state index >= 15 is 0 Å². The minimum atomic E-state index is -0.258. The van der Waals surface area contributed by atoms with Crippen molar-refractivity contribution in [3.63, 3.8) is 0 Å². The molecule has 0 bridgehead atoms. The molecule has 2 aromatic carbocycles. The highest BCUT2D eigenvalue weighted by molar-refractivity contribution is 5.94. The molecule has 0 aliphatic carbocycles. The smallest absolute Gasteiger partial charge is 0.271 e. The van der Waals surface area contributed by atoms with Gasteiger partial charge in [-0.3, -0.25) is 9.48 Å². The van der Waals surface area contributed by atoms with Crippen molar-refractivity contribution in [3.05, 3.63) is 82.7 Å². The van der Waals surface area contributed by atoms with E-state index in [0.29, 0.717) is 12.1 Å². The molecule has 3 rings (SSSR count). The lowest BCUT2D eigenvalue weighted by atomic mass is 10.1. The van der Waals surface area contributed by atoms with Gasteiger partial charge in [0.1, 0.15) is 5.75 Å². The second-order valence-electron chi connectivity index (χ2n) is 6.26. The molecule has 0 aliphatic rings. The molecule has 0 saturated carbocycles. The van der Waals surface area contributed by atoms with E-state index in [2.05, 4.69) is 15.6 Å². The number of ether oxygens (including phenoxy) is 1. The number of rotatable bonds is 6. The fourth-order valence-electron chi connectivity index (χ4n) is 2.72. The molecule has 1 aromatic heterocycles. The Morgan fingerprint density at radius 2 is 1.96 bits per heavy atom. The first-order chi connectivity index (χ1) is 13.0. The molecule has 0 unspecified atom stereocenters. The van der Waals surface area contributed by atoms with E-state index in [1.54, 1.807) is 25.5 Å². The first-order valence-electron chi connectivity index (χ1n) is 8.62. The number of aromatic nitrogens is 2. The minimum absolute atomic E-state index is 0.258. The van der Waals surface area contributed by atoms with Crippen LogP contribution in [0, 0.1) is 13.8 Å². The fourth-order valence-corrected chi connectivity index (χ4v) is 2.72. The topological polar surface area (TPSA) is 68.5 Å². The van der Waals surface area contributed by atoms with Crippen LogP contribution >= 0.6 is 0 Å². The molecular formula is C21H22N4O2. The molecule has 1 amide bonds. The Labute approximate surface area is 158 Å². The SMILES string of the molecule is COc1cccc(C=NNC(=O)c2ccc(Cn3nc(C)cc3C)cc2)c1. The zero-order chi connectivity index (χ0) is 19.2. The van der Waals surface area contributed by atoms with Gasteiger partial charge in [-0.2, -0.15) is 10.2 Å². The Kier molecular flexibility index (Phi) is 5.66. The van der Waals surface area contributed by atoms with E-state index in [1.807, 2.05) is 61.0 Å². The number of nitrogens with zero attached hydrogens (tertiary/aromatic N) is 3. The lowest BCUT2D eigenvalue weighted by Crippen LogP contribution is -2.17. The third-order valence-electron chi connectivity index (χ3n) is 4.13. The Bertz CT molecular complexity index is 959. The molecule has 0 saturated heterocycles. The van der Waals surface area contributed by atoms with Gasteiger partial charge in [-0.1, -0.05) is 24.3 Å². The molecule has 0 aliphatic heterocycles. The fraction of sp³-hybridized carbons (Fsp3) is 0.190. The highest BCUT2D eigenvalue weighted by Crippen LogP contribution is 2.11. The number of hydrogen-bond donors (Lipinski definition) is 1. The lowest BCUT2D eigenvalue weighted by Gasteiger charge is -2.06. The number of aryl methyl sites for hydroxylation is 2. The molecule has 27 heavy (non-hydrogen) atoms. The summed E-state index contributed by atoms with van der Waals surface area (Å²) >= 11 is 0. The van der Waals surface area contributed by atoms with E-state index in [4.69, 9.17) is 4.74 Å². The summed E-state index contributed by atoms with van der Waals surface area (Å²) < 4.78 is 7.11. The summed E-state index contributed by atoms with van der Waals surface area (Å²) in [4.78, 5) is 12.2. The van der Waals surface area contributed by atoms with Crippen LogP contribution < -0.4 is 10.2 Å². The lowest BCUT2D eigenvalue weighted by molar-refractivity contribution is 0.0955. The van der Waals surface area contributed by atoms with Gasteiger partial charge in [0, 0.05) is 11.3 Å². The standard InChI is InChI=1S/C21H22N4O2/c1-15-11-16(2)25(24-15)14-17-7-9-19(10-8-17)21(26)23-22-13-18-5-4-6-20(12-18)27-3/h4-13H,14H2,1-3H3,(H,23,26). The summed E-state index contributed by atoms with van der Waals surface area (Å²) in [5.74, 6) is 0.482. The molecule has 0 atom stereocenters. The summed E-state index contributed by atoms with van der Waals surface area (Å²) in [5, 5.41) is 8.46. The molecule has 1 heterocycles. The molecule has 6 heteroatoms. The highest BCUT2D eigenvalue weighted by Gasteiger charge is 2.06. The molecule has 3 aromatic rings. The second-order valence-corrected chi connectivity index (χ2v) is 6.26. The van der Waals surface area contributed by atoms with Crippen LogP contribution in [0.3, 0.4) is 0 Å². The van der Waals surface area contributed by atoms with Crippen molar-refractivity contribution in [1.29, 1.82) is 0 Å². The molecule has 138 valence electrons. The highest BCUT2D eigenvalue weighted by atomic mass is 16.5. The number of carbonyl (C=O) groups is 1. The Morgan fingerprint density at radius 3 is 2.63 bits per heavy atom. The predicted octanol–water partition coefficient (Wildman–Crippen LogP) is 3.32. The van der Waals surface area contributed by atoms with Crippen molar-refractivity contribution in [3.8, 4) is 5.75 Å².